The van der Waals surface area contributed by atoms with Crippen molar-refractivity contribution < 1.29 is 17.7 Å². The Morgan fingerprint density at radius 1 is 1.24 bits per heavy atom. The second kappa shape index (κ2) is 8.93. The first-order valence-electron chi connectivity index (χ1n) is 12.6. The minimum atomic E-state index is -3.52. The molecule has 0 spiro atoms. The summed E-state index contributed by atoms with van der Waals surface area (Å²) in [6, 6.07) is 9.45. The molecule has 194 valence electrons. The van der Waals surface area contributed by atoms with E-state index in [2.05, 4.69) is 24.7 Å². The van der Waals surface area contributed by atoms with Crippen LogP contribution in [0, 0.1) is 13.8 Å². The van der Waals surface area contributed by atoms with Gasteiger partial charge in [-0.2, -0.15) is 0 Å². The molecule has 2 atom stereocenters. The minimum Gasteiger partial charge on any atom is -0.488 e. The van der Waals surface area contributed by atoms with Crippen LogP contribution in [-0.4, -0.2) is 53.6 Å². The first kappa shape index (κ1) is 24.1. The molecule has 3 aromatic heterocycles. The minimum absolute atomic E-state index is 0.0587. The van der Waals surface area contributed by atoms with Crippen LogP contribution in [0.25, 0.3) is 22.2 Å². The molecule has 11 heteroatoms. The average Bonchev–Trinajstić information content (AvgIpc) is 3.59. The van der Waals surface area contributed by atoms with Gasteiger partial charge in [-0.1, -0.05) is 18.1 Å². The molecule has 6 rings (SSSR count). The highest BCUT2D eigenvalue weighted by molar-refractivity contribution is 7.89. The van der Waals surface area contributed by atoms with Crippen LogP contribution < -0.4 is 14.8 Å². The Morgan fingerprint density at radius 2 is 2.11 bits per heavy atom. The third-order valence-corrected chi connectivity index (χ3v) is 8.89. The Kier molecular flexibility index (Phi) is 5.81. The van der Waals surface area contributed by atoms with E-state index in [1.54, 1.807) is 6.20 Å². The van der Waals surface area contributed by atoms with Crippen LogP contribution in [0.2, 0.25) is 0 Å². The van der Waals surface area contributed by atoms with Crippen molar-refractivity contribution in [1.29, 1.82) is 0 Å². The van der Waals surface area contributed by atoms with Gasteiger partial charge in [-0.05, 0) is 57.5 Å². The summed E-state index contributed by atoms with van der Waals surface area (Å²) >= 11 is 0. The van der Waals surface area contributed by atoms with E-state index in [4.69, 9.17) is 14.2 Å². The normalized spacial score (nSPS) is 21.4. The lowest BCUT2D eigenvalue weighted by Gasteiger charge is -2.34. The number of rotatable bonds is 7. The molecule has 2 N–H and O–H groups in total. The Hall–Kier alpha value is -3.28. The van der Waals surface area contributed by atoms with Gasteiger partial charge in [-0.3, -0.25) is 4.98 Å². The Labute approximate surface area is 215 Å². The van der Waals surface area contributed by atoms with Crippen LogP contribution in [-0.2, 0) is 15.6 Å². The number of hydrogen-bond donors (Lipinski definition) is 2. The molecule has 2 aliphatic heterocycles. The second-order valence-electron chi connectivity index (χ2n) is 9.83. The second-order valence-corrected chi connectivity index (χ2v) is 11.7. The van der Waals surface area contributed by atoms with Gasteiger partial charge in [0.05, 0.1) is 28.2 Å². The molecule has 0 radical (unpaired) electrons. The van der Waals surface area contributed by atoms with Gasteiger partial charge in [0.1, 0.15) is 35.3 Å². The van der Waals surface area contributed by atoms with Gasteiger partial charge >= 0.3 is 0 Å². The van der Waals surface area contributed by atoms with Gasteiger partial charge in [-0.25, -0.2) is 18.1 Å². The maximum atomic E-state index is 13.1. The zero-order valence-electron chi connectivity index (χ0n) is 21.1. The molecule has 2 aliphatic rings. The van der Waals surface area contributed by atoms with E-state index in [0.29, 0.717) is 49.9 Å². The molecule has 0 amide bonds. The van der Waals surface area contributed by atoms with Gasteiger partial charge in [0, 0.05) is 18.3 Å². The molecule has 0 bridgehead atoms. The highest BCUT2D eigenvalue weighted by Gasteiger charge is 2.46. The van der Waals surface area contributed by atoms with Crippen molar-refractivity contribution in [3.8, 4) is 16.9 Å². The monoisotopic (exact) mass is 522 g/mol. The number of benzene rings is 1. The predicted molar refractivity (Wildman–Crippen MR) is 139 cm³/mol. The molecule has 0 aliphatic carbocycles. The lowest BCUT2D eigenvalue weighted by molar-refractivity contribution is 0.246. The highest BCUT2D eigenvalue weighted by atomic mass is 32.2. The van der Waals surface area contributed by atoms with Gasteiger partial charge in [0.25, 0.3) is 0 Å². The van der Waals surface area contributed by atoms with Crippen molar-refractivity contribution in [3.63, 3.8) is 0 Å². The van der Waals surface area contributed by atoms with Crippen molar-refractivity contribution in [2.24, 2.45) is 0 Å². The van der Waals surface area contributed by atoms with E-state index in [1.807, 2.05) is 51.1 Å². The maximum absolute atomic E-state index is 13.1. The summed E-state index contributed by atoms with van der Waals surface area (Å²) in [7, 11) is -3.52. The third-order valence-electron chi connectivity index (χ3n) is 7.24. The molecule has 1 fully saturated rings. The molecule has 5 heterocycles. The zero-order chi connectivity index (χ0) is 25.8. The lowest BCUT2D eigenvalue weighted by atomic mass is 9.97. The van der Waals surface area contributed by atoms with Gasteiger partial charge < -0.3 is 19.1 Å². The first-order chi connectivity index (χ1) is 17.8. The van der Waals surface area contributed by atoms with Gasteiger partial charge in [0.2, 0.25) is 10.0 Å². The molecule has 0 saturated carbocycles. The summed E-state index contributed by atoms with van der Waals surface area (Å²) in [5, 5.41) is 7.50. The molecule has 37 heavy (non-hydrogen) atoms. The molecule has 1 aromatic carbocycles. The van der Waals surface area contributed by atoms with Crippen LogP contribution in [0.4, 0.5) is 0 Å². The summed E-state index contributed by atoms with van der Waals surface area (Å²) in [5.41, 5.74) is 4.03. The molecular weight excluding hydrogens is 492 g/mol. The fraction of sp³-hybridized carbons (Fsp3) is 0.423. The number of nitrogens with one attached hydrogen (secondary N) is 2. The van der Waals surface area contributed by atoms with Crippen LogP contribution in [0.15, 0.2) is 41.1 Å². The summed E-state index contributed by atoms with van der Waals surface area (Å²) in [5.74, 6) is 2.13. The van der Waals surface area contributed by atoms with Gasteiger partial charge in [0.15, 0.2) is 5.75 Å². The first-order valence-corrected chi connectivity index (χ1v) is 14.2. The molecule has 1 saturated heterocycles. The molecule has 0 unspecified atom stereocenters. The van der Waals surface area contributed by atoms with E-state index in [-0.39, 0.29) is 11.8 Å². The van der Waals surface area contributed by atoms with Crippen molar-refractivity contribution >= 4 is 21.1 Å². The number of nitrogens with zero attached hydrogens (tertiary/aromatic N) is 4. The van der Waals surface area contributed by atoms with E-state index in [9.17, 15) is 8.42 Å². The lowest BCUT2D eigenvalue weighted by Crippen LogP contribution is -2.50. The number of pyridine rings is 1. The SMILES string of the molecule is CCCS(=O)(=O)N[C@]1(c2nc3ccc(-c4c(C)noc4C)c4c3n2[C@@H](c2ccccn2)CO4)CCNC1. The van der Waals surface area contributed by atoms with E-state index >= 15 is 0 Å². The summed E-state index contributed by atoms with van der Waals surface area (Å²) in [4.78, 5) is 9.70. The Morgan fingerprint density at radius 3 is 2.78 bits per heavy atom. The number of ether oxygens (including phenoxy) is 1. The zero-order valence-corrected chi connectivity index (χ0v) is 21.9. The molecular formula is C26H30N6O4S. The fourth-order valence-corrected chi connectivity index (χ4v) is 7.17. The summed E-state index contributed by atoms with van der Waals surface area (Å²) < 4.78 is 43.2. The smallest absolute Gasteiger partial charge is 0.212 e. The summed E-state index contributed by atoms with van der Waals surface area (Å²) in [6.07, 6.45) is 2.88. The van der Waals surface area contributed by atoms with Crippen molar-refractivity contribution in [1.82, 2.24) is 29.7 Å². The quantitative estimate of drug-likeness (QED) is 0.379. The third kappa shape index (κ3) is 3.92. The topological polar surface area (TPSA) is 124 Å². The van der Waals surface area contributed by atoms with Crippen LogP contribution in [0.1, 0.15) is 48.8 Å². The van der Waals surface area contributed by atoms with Crippen molar-refractivity contribution in [2.45, 2.75) is 45.2 Å². The fourth-order valence-electron chi connectivity index (χ4n) is 5.67. The van der Waals surface area contributed by atoms with E-state index < -0.39 is 15.6 Å². The number of aryl methyl sites for hydroxylation is 2. The molecule has 4 aromatic rings. The van der Waals surface area contributed by atoms with Crippen LogP contribution >= 0.6 is 0 Å². The van der Waals surface area contributed by atoms with Crippen LogP contribution in [0.5, 0.6) is 5.75 Å². The summed E-state index contributed by atoms with van der Waals surface area (Å²) in [6.45, 7) is 7.11. The maximum Gasteiger partial charge on any atom is 0.212 e. The van der Waals surface area contributed by atoms with E-state index in [0.717, 1.165) is 33.5 Å². The Bertz CT molecular complexity index is 1550. The largest absolute Gasteiger partial charge is 0.488 e. The van der Waals surface area contributed by atoms with Crippen molar-refractivity contribution in [2.75, 3.05) is 25.4 Å². The predicted octanol–water partition coefficient (Wildman–Crippen LogP) is 3.20. The number of aromatic nitrogens is 4. The number of sulfonamides is 1. The molecule has 10 nitrogen and oxygen atoms in total. The van der Waals surface area contributed by atoms with E-state index in [1.165, 1.54) is 0 Å². The van der Waals surface area contributed by atoms with Crippen molar-refractivity contribution in [3.05, 3.63) is 59.5 Å². The number of hydrogen-bond acceptors (Lipinski definition) is 8. The Balaban J connectivity index is 1.63. The average molecular weight is 523 g/mol. The number of imidazole rings is 1. The van der Waals surface area contributed by atoms with Gasteiger partial charge in [-0.15, -0.1) is 0 Å². The highest BCUT2D eigenvalue weighted by Crippen LogP contribution is 2.46. The standard InChI is InChI=1S/C26H30N6O4S/c1-4-13-37(33,34)31-26(10-12-27-15-26)25-29-20-9-8-18(22-16(2)30-36-17(22)3)24-23(20)32(25)21(14-35-24)19-7-5-6-11-28-19/h5-9,11,21,27,31H,4,10,12-15H2,1-3H3/t21-,26-/m1/s1. The van der Waals surface area contributed by atoms with Crippen LogP contribution in [0.3, 0.4) is 0 Å².